The highest BCUT2D eigenvalue weighted by atomic mass is 32.2. The van der Waals surface area contributed by atoms with Crippen LogP contribution in [0.3, 0.4) is 0 Å². The lowest BCUT2D eigenvalue weighted by Crippen LogP contribution is -2.15. The molecular formula is C17H17FN4O3S2. The van der Waals surface area contributed by atoms with Crippen LogP contribution in [0.2, 0.25) is 0 Å². The van der Waals surface area contributed by atoms with Gasteiger partial charge in [0.15, 0.2) is 5.16 Å². The first-order valence-electron chi connectivity index (χ1n) is 7.83. The Morgan fingerprint density at radius 3 is 2.74 bits per heavy atom. The van der Waals surface area contributed by atoms with E-state index in [4.69, 9.17) is 5.14 Å². The average molecular weight is 408 g/mol. The first kappa shape index (κ1) is 19.3. The highest BCUT2D eigenvalue weighted by Crippen LogP contribution is 2.25. The van der Waals surface area contributed by atoms with Crippen molar-refractivity contribution >= 4 is 44.4 Å². The van der Waals surface area contributed by atoms with E-state index in [1.807, 2.05) is 0 Å². The third-order valence-corrected chi connectivity index (χ3v) is 5.89. The SMILES string of the molecule is Cc1ccc(F)cc1NC(=O)CSc1nc2cc(S(N)(=O)=O)ccc2n1C. The lowest BCUT2D eigenvalue weighted by molar-refractivity contribution is -0.113. The molecule has 3 rings (SSSR count). The molecule has 10 heteroatoms. The van der Waals surface area contributed by atoms with Gasteiger partial charge in [-0.2, -0.15) is 0 Å². The van der Waals surface area contributed by atoms with Crippen LogP contribution in [0.5, 0.6) is 0 Å². The number of thioether (sulfide) groups is 1. The molecule has 0 bridgehead atoms. The number of imidazole rings is 1. The molecule has 0 radical (unpaired) electrons. The summed E-state index contributed by atoms with van der Waals surface area (Å²) in [5, 5.41) is 8.35. The molecule has 7 nitrogen and oxygen atoms in total. The van der Waals surface area contributed by atoms with Gasteiger partial charge in [0.25, 0.3) is 0 Å². The fourth-order valence-corrected chi connectivity index (χ4v) is 3.83. The summed E-state index contributed by atoms with van der Waals surface area (Å²) in [5.74, 6) is -0.662. The van der Waals surface area contributed by atoms with Crippen molar-refractivity contribution < 1.29 is 17.6 Å². The van der Waals surface area contributed by atoms with Gasteiger partial charge < -0.3 is 9.88 Å². The molecule has 1 amide bonds. The number of primary sulfonamides is 1. The van der Waals surface area contributed by atoms with Crippen molar-refractivity contribution in [3.63, 3.8) is 0 Å². The first-order chi connectivity index (χ1) is 12.6. The lowest BCUT2D eigenvalue weighted by atomic mass is 10.2. The summed E-state index contributed by atoms with van der Waals surface area (Å²) >= 11 is 1.19. The van der Waals surface area contributed by atoms with Crippen molar-refractivity contribution in [2.45, 2.75) is 17.0 Å². The number of anilines is 1. The third-order valence-electron chi connectivity index (χ3n) is 3.95. The number of aryl methyl sites for hydroxylation is 2. The van der Waals surface area contributed by atoms with Crippen LogP contribution in [0.25, 0.3) is 11.0 Å². The second-order valence-electron chi connectivity index (χ2n) is 5.95. The Morgan fingerprint density at radius 2 is 2.04 bits per heavy atom. The molecule has 0 unspecified atom stereocenters. The maximum Gasteiger partial charge on any atom is 0.238 e. The number of nitrogens with one attached hydrogen (secondary N) is 1. The van der Waals surface area contributed by atoms with E-state index in [9.17, 15) is 17.6 Å². The second kappa shape index (κ2) is 7.29. The van der Waals surface area contributed by atoms with E-state index in [-0.39, 0.29) is 16.6 Å². The van der Waals surface area contributed by atoms with E-state index in [1.165, 1.54) is 36.0 Å². The normalized spacial score (nSPS) is 11.7. The van der Waals surface area contributed by atoms with Gasteiger partial charge in [-0.05, 0) is 42.8 Å². The van der Waals surface area contributed by atoms with Gasteiger partial charge in [-0.25, -0.2) is 22.9 Å². The number of fused-ring (bicyclic) bond motifs is 1. The van der Waals surface area contributed by atoms with Crippen LogP contribution in [-0.2, 0) is 21.9 Å². The second-order valence-corrected chi connectivity index (χ2v) is 8.45. The number of nitrogens with zero attached hydrogens (tertiary/aromatic N) is 2. The molecule has 0 atom stereocenters. The molecular weight excluding hydrogens is 391 g/mol. The number of halogens is 1. The van der Waals surface area contributed by atoms with Crippen LogP contribution in [0, 0.1) is 12.7 Å². The van der Waals surface area contributed by atoms with Gasteiger partial charge in [-0.1, -0.05) is 17.8 Å². The molecule has 3 aromatic rings. The van der Waals surface area contributed by atoms with Crippen LogP contribution in [0.1, 0.15) is 5.56 Å². The number of rotatable bonds is 5. The number of benzene rings is 2. The van der Waals surface area contributed by atoms with Crippen LogP contribution < -0.4 is 10.5 Å². The summed E-state index contributed by atoms with van der Waals surface area (Å²) < 4.78 is 38.0. The fraction of sp³-hybridized carbons (Fsp3) is 0.176. The monoisotopic (exact) mass is 408 g/mol. The standard InChI is InChI=1S/C17H17FN4O3S2/c1-10-3-4-11(18)7-13(10)20-16(23)9-26-17-21-14-8-12(27(19,24)25)5-6-15(14)22(17)2/h3-8H,9H2,1-2H3,(H,20,23)(H2,19,24,25). The van der Waals surface area contributed by atoms with Gasteiger partial charge in [0.2, 0.25) is 15.9 Å². The van der Waals surface area contributed by atoms with Gasteiger partial charge in [0.1, 0.15) is 5.82 Å². The van der Waals surface area contributed by atoms with E-state index in [0.717, 1.165) is 5.56 Å². The Kier molecular flexibility index (Phi) is 5.22. The highest BCUT2D eigenvalue weighted by Gasteiger charge is 2.15. The highest BCUT2D eigenvalue weighted by molar-refractivity contribution is 7.99. The zero-order chi connectivity index (χ0) is 19.8. The van der Waals surface area contributed by atoms with E-state index in [0.29, 0.717) is 21.9 Å². The fourth-order valence-electron chi connectivity index (χ4n) is 2.51. The Labute approximate surface area is 159 Å². The van der Waals surface area contributed by atoms with E-state index in [2.05, 4.69) is 10.3 Å². The number of sulfonamides is 1. The molecule has 0 saturated heterocycles. The van der Waals surface area contributed by atoms with Crippen molar-refractivity contribution in [1.29, 1.82) is 0 Å². The molecule has 0 aliphatic rings. The quantitative estimate of drug-likeness (QED) is 0.631. The summed E-state index contributed by atoms with van der Waals surface area (Å²) in [6.07, 6.45) is 0. The van der Waals surface area contributed by atoms with Gasteiger partial charge in [0, 0.05) is 12.7 Å². The molecule has 27 heavy (non-hydrogen) atoms. The molecule has 0 aliphatic heterocycles. The minimum atomic E-state index is -3.82. The summed E-state index contributed by atoms with van der Waals surface area (Å²) in [5.41, 5.74) is 2.36. The van der Waals surface area contributed by atoms with Crippen LogP contribution in [0.15, 0.2) is 46.5 Å². The Hall–Kier alpha value is -2.43. The number of nitrogens with two attached hydrogens (primary N) is 1. The number of hydrogen-bond acceptors (Lipinski definition) is 5. The van der Waals surface area contributed by atoms with Crippen molar-refractivity contribution in [3.05, 3.63) is 47.8 Å². The average Bonchev–Trinajstić information content (AvgIpc) is 2.91. The van der Waals surface area contributed by atoms with Crippen LogP contribution >= 0.6 is 11.8 Å². The molecule has 1 aromatic heterocycles. The first-order valence-corrected chi connectivity index (χ1v) is 10.4. The van der Waals surface area contributed by atoms with E-state index >= 15 is 0 Å². The Morgan fingerprint density at radius 1 is 1.30 bits per heavy atom. The number of amides is 1. The van der Waals surface area contributed by atoms with Gasteiger partial charge in [-0.15, -0.1) is 0 Å². The van der Waals surface area contributed by atoms with Gasteiger partial charge >= 0.3 is 0 Å². The van der Waals surface area contributed by atoms with Crippen LogP contribution in [0.4, 0.5) is 10.1 Å². The van der Waals surface area contributed by atoms with Crippen molar-refractivity contribution in [2.75, 3.05) is 11.1 Å². The smallest absolute Gasteiger partial charge is 0.238 e. The molecule has 0 aliphatic carbocycles. The lowest BCUT2D eigenvalue weighted by Gasteiger charge is -2.08. The largest absolute Gasteiger partial charge is 0.325 e. The number of carbonyl (C=O) groups is 1. The van der Waals surface area contributed by atoms with E-state index < -0.39 is 15.8 Å². The maximum atomic E-state index is 13.3. The molecule has 1 heterocycles. The molecule has 0 spiro atoms. The van der Waals surface area contributed by atoms with E-state index in [1.54, 1.807) is 30.7 Å². The minimum absolute atomic E-state index is 0.0241. The Balaban J connectivity index is 1.75. The summed E-state index contributed by atoms with van der Waals surface area (Å²) in [7, 11) is -2.05. The third kappa shape index (κ3) is 4.29. The van der Waals surface area contributed by atoms with Crippen molar-refractivity contribution in [2.24, 2.45) is 12.2 Å². The molecule has 3 N–H and O–H groups in total. The van der Waals surface area contributed by atoms with Gasteiger partial charge in [-0.3, -0.25) is 4.79 Å². The predicted octanol–water partition coefficient (Wildman–Crippen LogP) is 2.40. The van der Waals surface area contributed by atoms with Crippen LogP contribution in [-0.4, -0.2) is 29.6 Å². The summed E-state index contributed by atoms with van der Waals surface area (Å²) in [4.78, 5) is 16.5. The zero-order valence-corrected chi connectivity index (χ0v) is 16.2. The number of aromatic nitrogens is 2. The molecule has 142 valence electrons. The van der Waals surface area contributed by atoms with Crippen molar-refractivity contribution in [1.82, 2.24) is 9.55 Å². The molecule has 0 saturated carbocycles. The zero-order valence-electron chi connectivity index (χ0n) is 14.6. The van der Waals surface area contributed by atoms with Gasteiger partial charge in [0.05, 0.1) is 21.7 Å². The minimum Gasteiger partial charge on any atom is -0.325 e. The molecule has 2 aromatic carbocycles. The Bertz CT molecular complexity index is 1140. The summed E-state index contributed by atoms with van der Waals surface area (Å²) in [6, 6.07) is 8.60. The molecule has 0 fully saturated rings. The predicted molar refractivity (Wildman–Crippen MR) is 103 cm³/mol. The van der Waals surface area contributed by atoms with Crippen molar-refractivity contribution in [3.8, 4) is 0 Å². The maximum absolute atomic E-state index is 13.3. The number of carbonyl (C=O) groups excluding carboxylic acids is 1. The summed E-state index contributed by atoms with van der Waals surface area (Å²) in [6.45, 7) is 1.77. The topological polar surface area (TPSA) is 107 Å². The number of hydrogen-bond donors (Lipinski definition) is 2.